The molecule has 0 amide bonds. The third kappa shape index (κ3) is 3.63. The molecule has 0 aromatic carbocycles. The summed E-state index contributed by atoms with van der Waals surface area (Å²) in [5, 5.41) is 6.36. The number of nitrogens with zero attached hydrogens (tertiary/aromatic N) is 2. The van der Waals surface area contributed by atoms with Crippen LogP contribution in [-0.4, -0.2) is 18.0 Å². The van der Waals surface area contributed by atoms with Crippen molar-refractivity contribution < 1.29 is 8.83 Å². The molecule has 2 N–H and O–H groups in total. The Labute approximate surface area is 118 Å². The fourth-order valence-corrected chi connectivity index (χ4v) is 1.77. The summed E-state index contributed by atoms with van der Waals surface area (Å²) in [6, 6.07) is 3.77. The first kappa shape index (κ1) is 14.2. The van der Waals surface area contributed by atoms with Crippen molar-refractivity contribution in [1.29, 1.82) is 0 Å². The minimum absolute atomic E-state index is 0.552. The second-order valence-electron chi connectivity index (χ2n) is 4.33. The number of hydrogen-bond donors (Lipinski definition) is 2. The van der Waals surface area contributed by atoms with E-state index >= 15 is 0 Å². The Balaban J connectivity index is 1.85. The summed E-state index contributed by atoms with van der Waals surface area (Å²) in [7, 11) is 1.72. The van der Waals surface area contributed by atoms with Crippen molar-refractivity contribution in [3.63, 3.8) is 0 Å². The first-order chi connectivity index (χ1) is 9.72. The molecule has 0 saturated carbocycles. The lowest BCUT2D eigenvalue weighted by molar-refractivity contribution is 0.452. The Morgan fingerprint density at radius 2 is 2.15 bits per heavy atom. The van der Waals surface area contributed by atoms with Gasteiger partial charge in [-0.15, -0.1) is 0 Å². The molecule has 0 unspecified atom stereocenters. The maximum absolute atomic E-state index is 5.63. The van der Waals surface area contributed by atoms with Gasteiger partial charge in [0.05, 0.1) is 25.0 Å². The molecule has 0 radical (unpaired) electrons. The van der Waals surface area contributed by atoms with Gasteiger partial charge in [-0.2, -0.15) is 0 Å². The molecule has 2 aromatic rings. The molecular weight excluding hydrogens is 256 g/mol. The minimum Gasteiger partial charge on any atom is -0.467 e. The zero-order valence-corrected chi connectivity index (χ0v) is 12.1. The third-order valence-corrected chi connectivity index (χ3v) is 2.89. The highest BCUT2D eigenvalue weighted by atomic mass is 16.4. The lowest BCUT2D eigenvalue weighted by Crippen LogP contribution is -2.36. The second-order valence-corrected chi connectivity index (χ2v) is 4.33. The van der Waals surface area contributed by atoms with E-state index in [2.05, 4.69) is 20.6 Å². The molecule has 0 bridgehead atoms. The van der Waals surface area contributed by atoms with Crippen LogP contribution in [0.2, 0.25) is 0 Å². The minimum atomic E-state index is 0.552. The van der Waals surface area contributed by atoms with Gasteiger partial charge in [-0.1, -0.05) is 6.92 Å². The highest BCUT2D eigenvalue weighted by Gasteiger charge is 2.09. The van der Waals surface area contributed by atoms with Crippen LogP contribution in [0.25, 0.3) is 0 Å². The smallest absolute Gasteiger partial charge is 0.194 e. The number of aryl methyl sites for hydroxylation is 2. The van der Waals surface area contributed by atoms with Crippen LogP contribution in [0.1, 0.15) is 30.0 Å². The fourth-order valence-electron chi connectivity index (χ4n) is 1.77. The normalized spacial score (nSPS) is 11.7. The number of hydrogen-bond acceptors (Lipinski definition) is 4. The number of rotatable bonds is 5. The van der Waals surface area contributed by atoms with E-state index in [4.69, 9.17) is 8.83 Å². The van der Waals surface area contributed by atoms with Crippen molar-refractivity contribution in [3.8, 4) is 0 Å². The number of oxazole rings is 1. The largest absolute Gasteiger partial charge is 0.467 e. The maximum Gasteiger partial charge on any atom is 0.194 e. The molecule has 2 aromatic heterocycles. The van der Waals surface area contributed by atoms with Gasteiger partial charge in [0.1, 0.15) is 11.5 Å². The van der Waals surface area contributed by atoms with Crippen LogP contribution in [0.15, 0.2) is 32.2 Å². The molecule has 20 heavy (non-hydrogen) atoms. The predicted octanol–water partition coefficient (Wildman–Crippen LogP) is 2.00. The molecule has 0 aliphatic rings. The Hall–Kier alpha value is -2.24. The van der Waals surface area contributed by atoms with Crippen LogP contribution in [0.3, 0.4) is 0 Å². The van der Waals surface area contributed by atoms with Crippen molar-refractivity contribution in [2.24, 2.45) is 4.99 Å². The summed E-state index contributed by atoms with van der Waals surface area (Å²) < 4.78 is 10.9. The number of nitrogens with one attached hydrogen (secondary N) is 2. The molecule has 2 heterocycles. The van der Waals surface area contributed by atoms with Crippen LogP contribution in [-0.2, 0) is 19.5 Å². The van der Waals surface area contributed by atoms with Gasteiger partial charge in [0, 0.05) is 13.5 Å². The standard InChI is InChI=1S/C14H20N4O2/c1-4-13-18-10(2)12(20-13)9-17-14(15-3)16-8-11-6-5-7-19-11/h5-7H,4,8-9H2,1-3H3,(H2,15,16,17). The van der Waals surface area contributed by atoms with Gasteiger partial charge >= 0.3 is 0 Å². The van der Waals surface area contributed by atoms with Crippen molar-refractivity contribution >= 4 is 5.96 Å². The molecule has 0 aliphatic carbocycles. The van der Waals surface area contributed by atoms with Gasteiger partial charge in [0.15, 0.2) is 11.9 Å². The van der Waals surface area contributed by atoms with Crippen LogP contribution in [0.5, 0.6) is 0 Å². The average Bonchev–Trinajstić information content (AvgIpc) is 3.09. The van der Waals surface area contributed by atoms with Gasteiger partial charge in [-0.3, -0.25) is 4.99 Å². The molecule has 0 saturated heterocycles. The van der Waals surface area contributed by atoms with E-state index in [0.29, 0.717) is 19.0 Å². The van der Waals surface area contributed by atoms with E-state index in [1.165, 1.54) is 0 Å². The summed E-state index contributed by atoms with van der Waals surface area (Å²) in [5.74, 6) is 3.15. The van der Waals surface area contributed by atoms with Gasteiger partial charge in [0.2, 0.25) is 0 Å². The van der Waals surface area contributed by atoms with Gasteiger partial charge in [-0.25, -0.2) is 4.98 Å². The molecule has 108 valence electrons. The average molecular weight is 276 g/mol. The summed E-state index contributed by atoms with van der Waals surface area (Å²) in [6.07, 6.45) is 2.45. The molecule has 6 nitrogen and oxygen atoms in total. The number of guanidine groups is 1. The van der Waals surface area contributed by atoms with E-state index in [1.807, 2.05) is 26.0 Å². The first-order valence-electron chi connectivity index (χ1n) is 6.65. The zero-order chi connectivity index (χ0) is 14.4. The molecule has 0 atom stereocenters. The topological polar surface area (TPSA) is 75.6 Å². The molecule has 6 heteroatoms. The Kier molecular flexibility index (Phi) is 4.81. The van der Waals surface area contributed by atoms with Crippen molar-refractivity contribution in [3.05, 3.63) is 41.5 Å². The number of aliphatic imine (C=N–C) groups is 1. The molecule has 0 aliphatic heterocycles. The molecule has 0 spiro atoms. The van der Waals surface area contributed by atoms with Crippen molar-refractivity contribution in [2.75, 3.05) is 7.05 Å². The Bertz CT molecular complexity index is 558. The molecule has 0 fully saturated rings. The van der Waals surface area contributed by atoms with Gasteiger partial charge in [-0.05, 0) is 19.1 Å². The van der Waals surface area contributed by atoms with E-state index in [9.17, 15) is 0 Å². The number of aromatic nitrogens is 1. The summed E-state index contributed by atoms with van der Waals surface area (Å²) >= 11 is 0. The molecular formula is C14H20N4O2. The van der Waals surface area contributed by atoms with Gasteiger partial charge in [0.25, 0.3) is 0 Å². The number of furan rings is 1. The first-order valence-corrected chi connectivity index (χ1v) is 6.65. The van der Waals surface area contributed by atoms with E-state index < -0.39 is 0 Å². The Morgan fingerprint density at radius 1 is 1.35 bits per heavy atom. The monoisotopic (exact) mass is 276 g/mol. The third-order valence-electron chi connectivity index (χ3n) is 2.89. The van der Waals surface area contributed by atoms with Crippen molar-refractivity contribution in [2.45, 2.75) is 33.4 Å². The van der Waals surface area contributed by atoms with E-state index in [0.717, 1.165) is 29.5 Å². The second kappa shape index (κ2) is 6.79. The lowest BCUT2D eigenvalue weighted by Gasteiger charge is -2.09. The zero-order valence-electron chi connectivity index (χ0n) is 12.1. The van der Waals surface area contributed by atoms with Crippen LogP contribution >= 0.6 is 0 Å². The van der Waals surface area contributed by atoms with Gasteiger partial charge < -0.3 is 19.5 Å². The lowest BCUT2D eigenvalue weighted by atomic mass is 10.4. The van der Waals surface area contributed by atoms with Crippen molar-refractivity contribution in [1.82, 2.24) is 15.6 Å². The summed E-state index contributed by atoms with van der Waals surface area (Å²) in [6.45, 7) is 5.10. The van der Waals surface area contributed by atoms with E-state index in [-0.39, 0.29) is 0 Å². The van der Waals surface area contributed by atoms with Crippen LogP contribution in [0.4, 0.5) is 0 Å². The quantitative estimate of drug-likeness (QED) is 0.645. The highest BCUT2D eigenvalue weighted by molar-refractivity contribution is 5.79. The summed E-state index contributed by atoms with van der Waals surface area (Å²) in [5.41, 5.74) is 0.913. The summed E-state index contributed by atoms with van der Waals surface area (Å²) in [4.78, 5) is 8.49. The Morgan fingerprint density at radius 3 is 2.75 bits per heavy atom. The van der Waals surface area contributed by atoms with E-state index in [1.54, 1.807) is 13.3 Å². The highest BCUT2D eigenvalue weighted by Crippen LogP contribution is 2.10. The predicted molar refractivity (Wildman–Crippen MR) is 76.4 cm³/mol. The maximum atomic E-state index is 5.63. The van der Waals surface area contributed by atoms with Crippen LogP contribution < -0.4 is 10.6 Å². The fraction of sp³-hybridized carbons (Fsp3) is 0.429. The SMILES string of the molecule is CCc1nc(C)c(CNC(=NC)NCc2ccco2)o1. The molecule has 2 rings (SSSR count). The van der Waals surface area contributed by atoms with Crippen LogP contribution in [0, 0.1) is 6.92 Å².